The van der Waals surface area contributed by atoms with E-state index in [4.69, 9.17) is 10.8 Å². The van der Waals surface area contributed by atoms with Gasteiger partial charge in [0.2, 0.25) is 0 Å². The van der Waals surface area contributed by atoms with Gasteiger partial charge in [0.25, 0.3) is 0 Å². The molecule has 3 nitrogen and oxygen atoms in total. The highest BCUT2D eigenvalue weighted by Gasteiger charge is 2.07. The Bertz CT molecular complexity index is 82.5. The SMILES string of the molecule is [CH2]C(CCN)C(=O)O. The van der Waals surface area contributed by atoms with Gasteiger partial charge in [0.05, 0.1) is 5.92 Å². The molecular formula is C5H10NO2. The van der Waals surface area contributed by atoms with E-state index in [9.17, 15) is 4.79 Å². The van der Waals surface area contributed by atoms with Gasteiger partial charge in [0, 0.05) is 0 Å². The zero-order valence-electron chi connectivity index (χ0n) is 4.63. The molecule has 3 N–H and O–H groups in total. The van der Waals surface area contributed by atoms with Gasteiger partial charge in [0.1, 0.15) is 0 Å². The predicted molar refractivity (Wildman–Crippen MR) is 30.2 cm³/mol. The molecule has 0 fully saturated rings. The summed E-state index contributed by atoms with van der Waals surface area (Å²) in [6, 6.07) is 0. The monoisotopic (exact) mass is 116 g/mol. The van der Waals surface area contributed by atoms with Crippen LogP contribution in [0.15, 0.2) is 0 Å². The van der Waals surface area contributed by atoms with Crippen LogP contribution in [0.2, 0.25) is 0 Å². The lowest BCUT2D eigenvalue weighted by atomic mass is 10.1. The van der Waals surface area contributed by atoms with Crippen molar-refractivity contribution in [2.24, 2.45) is 11.7 Å². The maximum atomic E-state index is 9.97. The summed E-state index contributed by atoms with van der Waals surface area (Å²) < 4.78 is 0. The maximum absolute atomic E-state index is 9.97. The van der Waals surface area contributed by atoms with Crippen LogP contribution >= 0.6 is 0 Å². The van der Waals surface area contributed by atoms with Crippen molar-refractivity contribution in [3.05, 3.63) is 6.92 Å². The average molecular weight is 116 g/mol. The number of carbonyl (C=O) groups is 1. The van der Waals surface area contributed by atoms with Crippen molar-refractivity contribution < 1.29 is 9.90 Å². The highest BCUT2D eigenvalue weighted by Crippen LogP contribution is 1.96. The second-order valence-electron chi connectivity index (χ2n) is 1.61. The van der Waals surface area contributed by atoms with Gasteiger partial charge >= 0.3 is 5.97 Å². The first-order valence-corrected chi connectivity index (χ1v) is 2.44. The summed E-state index contributed by atoms with van der Waals surface area (Å²) in [4.78, 5) is 9.97. The summed E-state index contributed by atoms with van der Waals surface area (Å²) in [7, 11) is 0. The van der Waals surface area contributed by atoms with Gasteiger partial charge < -0.3 is 10.8 Å². The molecule has 0 aliphatic carbocycles. The zero-order valence-corrected chi connectivity index (χ0v) is 4.63. The fourth-order valence-electron chi connectivity index (χ4n) is 0.325. The van der Waals surface area contributed by atoms with Crippen molar-refractivity contribution in [2.45, 2.75) is 6.42 Å². The van der Waals surface area contributed by atoms with Gasteiger partial charge in [-0.3, -0.25) is 4.79 Å². The summed E-state index contributed by atoms with van der Waals surface area (Å²) in [6.07, 6.45) is 0.454. The topological polar surface area (TPSA) is 63.3 Å². The molecule has 0 aromatic rings. The first-order valence-electron chi connectivity index (χ1n) is 2.44. The lowest BCUT2D eigenvalue weighted by Crippen LogP contribution is -2.14. The Morgan fingerprint density at radius 2 is 2.38 bits per heavy atom. The van der Waals surface area contributed by atoms with E-state index < -0.39 is 11.9 Å². The molecule has 0 aromatic carbocycles. The van der Waals surface area contributed by atoms with Gasteiger partial charge in [0.15, 0.2) is 0 Å². The summed E-state index contributed by atoms with van der Waals surface area (Å²) in [6.45, 7) is 3.74. The van der Waals surface area contributed by atoms with Gasteiger partial charge in [-0.2, -0.15) is 0 Å². The van der Waals surface area contributed by atoms with Gasteiger partial charge in [-0.25, -0.2) is 0 Å². The summed E-state index contributed by atoms with van der Waals surface area (Å²) in [5.41, 5.74) is 5.06. The fourth-order valence-corrected chi connectivity index (χ4v) is 0.325. The highest BCUT2D eigenvalue weighted by molar-refractivity contribution is 5.70. The molecule has 0 saturated heterocycles. The summed E-state index contributed by atoms with van der Waals surface area (Å²) in [5, 5.41) is 8.20. The predicted octanol–water partition coefficient (Wildman–Crippen LogP) is -0.130. The van der Waals surface area contributed by atoms with Gasteiger partial charge in [-0.05, 0) is 19.9 Å². The Kier molecular flexibility index (Phi) is 3.19. The second kappa shape index (κ2) is 3.43. The van der Waals surface area contributed by atoms with Crippen LogP contribution in [0, 0.1) is 12.8 Å². The molecule has 0 aliphatic heterocycles. The molecule has 0 bridgehead atoms. The largest absolute Gasteiger partial charge is 0.481 e. The normalized spacial score (nSPS) is 13.2. The van der Waals surface area contributed by atoms with Crippen molar-refractivity contribution in [1.29, 1.82) is 0 Å². The van der Waals surface area contributed by atoms with E-state index in [2.05, 4.69) is 6.92 Å². The number of carboxylic acids is 1. The molecule has 0 saturated carbocycles. The summed E-state index contributed by atoms with van der Waals surface area (Å²) in [5.74, 6) is -1.42. The molecule has 1 unspecified atom stereocenters. The van der Waals surface area contributed by atoms with Gasteiger partial charge in [-0.15, -0.1) is 0 Å². The van der Waals surface area contributed by atoms with E-state index in [1.54, 1.807) is 0 Å². The standard InChI is InChI=1S/C5H10NO2/c1-4(2-3-6)5(7)8/h4H,1-3,6H2,(H,7,8). The summed E-state index contributed by atoms with van der Waals surface area (Å²) >= 11 is 0. The van der Waals surface area contributed by atoms with Crippen LogP contribution in [-0.4, -0.2) is 17.6 Å². The quantitative estimate of drug-likeness (QED) is 0.540. The minimum Gasteiger partial charge on any atom is -0.481 e. The van der Waals surface area contributed by atoms with Crippen LogP contribution in [0.5, 0.6) is 0 Å². The molecule has 47 valence electrons. The lowest BCUT2D eigenvalue weighted by Gasteiger charge is -1.99. The van der Waals surface area contributed by atoms with Crippen LogP contribution in [-0.2, 0) is 4.79 Å². The number of aliphatic carboxylic acids is 1. The number of rotatable bonds is 3. The highest BCUT2D eigenvalue weighted by atomic mass is 16.4. The molecule has 0 aliphatic rings. The Morgan fingerprint density at radius 1 is 1.88 bits per heavy atom. The number of hydrogen-bond acceptors (Lipinski definition) is 2. The van der Waals surface area contributed by atoms with Crippen LogP contribution < -0.4 is 5.73 Å². The van der Waals surface area contributed by atoms with E-state index in [-0.39, 0.29) is 0 Å². The third kappa shape index (κ3) is 2.58. The van der Waals surface area contributed by atoms with Crippen molar-refractivity contribution in [1.82, 2.24) is 0 Å². The molecular weight excluding hydrogens is 106 g/mol. The smallest absolute Gasteiger partial charge is 0.306 e. The number of carboxylic acid groups (broad SMARTS) is 1. The van der Waals surface area contributed by atoms with E-state index in [1.807, 2.05) is 0 Å². The first-order chi connectivity index (χ1) is 3.68. The molecule has 1 radical (unpaired) electrons. The molecule has 3 heteroatoms. The van der Waals surface area contributed by atoms with Gasteiger partial charge in [-0.1, -0.05) is 0 Å². The lowest BCUT2D eigenvalue weighted by molar-refractivity contribution is -0.140. The third-order valence-corrected chi connectivity index (χ3v) is 0.864. The van der Waals surface area contributed by atoms with Crippen molar-refractivity contribution in [3.8, 4) is 0 Å². The molecule has 0 amide bonds. The number of nitrogens with two attached hydrogens (primary N) is 1. The van der Waals surface area contributed by atoms with Crippen LogP contribution in [0.4, 0.5) is 0 Å². The fraction of sp³-hybridized carbons (Fsp3) is 0.600. The minimum absolute atomic E-state index is 0.389. The molecule has 0 rings (SSSR count). The molecule has 8 heavy (non-hydrogen) atoms. The molecule has 0 heterocycles. The molecule has 0 aromatic heterocycles. The average Bonchev–Trinajstić information content (AvgIpc) is 1.67. The second-order valence-corrected chi connectivity index (χ2v) is 1.61. The van der Waals surface area contributed by atoms with E-state index in [1.165, 1.54) is 0 Å². The molecule has 0 spiro atoms. The van der Waals surface area contributed by atoms with Crippen LogP contribution in [0.1, 0.15) is 6.42 Å². The Morgan fingerprint density at radius 3 is 2.50 bits per heavy atom. The Balaban J connectivity index is 3.32. The Hall–Kier alpha value is -0.570. The van der Waals surface area contributed by atoms with E-state index in [0.29, 0.717) is 13.0 Å². The third-order valence-electron chi connectivity index (χ3n) is 0.864. The van der Waals surface area contributed by atoms with Crippen molar-refractivity contribution >= 4 is 5.97 Å². The van der Waals surface area contributed by atoms with E-state index in [0.717, 1.165) is 0 Å². The zero-order chi connectivity index (χ0) is 6.57. The first kappa shape index (κ1) is 7.43. The van der Waals surface area contributed by atoms with E-state index >= 15 is 0 Å². The Labute approximate surface area is 48.5 Å². The van der Waals surface area contributed by atoms with Crippen molar-refractivity contribution in [2.75, 3.05) is 6.54 Å². The maximum Gasteiger partial charge on any atom is 0.306 e. The van der Waals surface area contributed by atoms with Crippen molar-refractivity contribution in [3.63, 3.8) is 0 Å². The molecule has 1 atom stereocenters. The van der Waals surface area contributed by atoms with Crippen LogP contribution in [0.25, 0.3) is 0 Å². The van der Waals surface area contributed by atoms with Crippen LogP contribution in [0.3, 0.4) is 0 Å². The number of hydrogen-bond donors (Lipinski definition) is 2. The minimum atomic E-state index is -0.879.